The van der Waals surface area contributed by atoms with E-state index < -0.39 is 0 Å². The zero-order valence-corrected chi connectivity index (χ0v) is 14.8. The van der Waals surface area contributed by atoms with Gasteiger partial charge in [0.2, 0.25) is 0 Å². The van der Waals surface area contributed by atoms with Crippen LogP contribution in [0.5, 0.6) is 0 Å². The number of fused-ring (bicyclic) bond motifs is 1. The number of nitrogens with zero attached hydrogens (tertiary/aromatic N) is 2. The van der Waals surface area contributed by atoms with E-state index in [0.29, 0.717) is 17.9 Å². The predicted octanol–water partition coefficient (Wildman–Crippen LogP) is 3.65. The molecule has 4 nitrogen and oxygen atoms in total. The van der Waals surface area contributed by atoms with E-state index in [1.54, 1.807) is 6.26 Å². The predicted molar refractivity (Wildman–Crippen MR) is 97.1 cm³/mol. The molecule has 0 bridgehead atoms. The summed E-state index contributed by atoms with van der Waals surface area (Å²) in [4.78, 5) is 17.3. The Bertz CT molecular complexity index is 698. The van der Waals surface area contributed by atoms with Crippen molar-refractivity contribution in [3.63, 3.8) is 0 Å². The molecule has 1 aromatic heterocycles. The van der Waals surface area contributed by atoms with Crippen LogP contribution in [0.1, 0.15) is 35.4 Å². The molecule has 1 saturated carbocycles. The number of hydrogen-bond acceptors (Lipinski definition) is 3. The minimum Gasteiger partial charge on any atom is -0.468 e. The van der Waals surface area contributed by atoms with Gasteiger partial charge in [-0.2, -0.15) is 0 Å². The standard InChI is InChI=1S/C21H26N2O2/c1-22(14-18-10-6-12-25-18)20-11-5-9-17-13-23(15-19(17)20)21(24)16-7-3-2-4-8-16/h2-4,6-8,10,12,17,19-20H,5,9,11,13-15H2,1H3/t17-,19+,20-/m1/s1. The van der Waals surface area contributed by atoms with E-state index in [0.717, 1.165) is 31.0 Å². The fourth-order valence-electron chi connectivity index (χ4n) is 4.68. The first-order chi connectivity index (χ1) is 12.2. The van der Waals surface area contributed by atoms with Crippen molar-refractivity contribution in [2.45, 2.75) is 31.8 Å². The molecule has 1 saturated heterocycles. The van der Waals surface area contributed by atoms with Crippen molar-refractivity contribution < 1.29 is 9.21 Å². The lowest BCUT2D eigenvalue weighted by Gasteiger charge is -2.38. The summed E-state index contributed by atoms with van der Waals surface area (Å²) in [6.45, 7) is 2.63. The molecule has 4 rings (SSSR count). The SMILES string of the molecule is CN(Cc1ccco1)[C@@H]1CCC[C@@H]2CN(C(=O)c3ccccc3)C[C@@H]21. The molecule has 2 aromatic rings. The highest BCUT2D eigenvalue weighted by Gasteiger charge is 2.43. The maximum Gasteiger partial charge on any atom is 0.253 e. The van der Waals surface area contributed by atoms with Crippen LogP contribution < -0.4 is 0 Å². The van der Waals surface area contributed by atoms with Gasteiger partial charge in [-0.05, 0) is 56.0 Å². The van der Waals surface area contributed by atoms with Gasteiger partial charge < -0.3 is 9.32 Å². The molecule has 0 unspecified atom stereocenters. The zero-order chi connectivity index (χ0) is 17.2. The molecule has 4 heteroatoms. The van der Waals surface area contributed by atoms with Crippen molar-refractivity contribution in [1.29, 1.82) is 0 Å². The molecular weight excluding hydrogens is 312 g/mol. The molecule has 3 atom stereocenters. The van der Waals surface area contributed by atoms with Gasteiger partial charge >= 0.3 is 0 Å². The van der Waals surface area contributed by atoms with Gasteiger partial charge in [0.15, 0.2) is 0 Å². The van der Waals surface area contributed by atoms with Crippen LogP contribution >= 0.6 is 0 Å². The Kier molecular flexibility index (Phi) is 4.62. The Labute approximate surface area is 149 Å². The maximum absolute atomic E-state index is 12.8. The molecule has 2 fully saturated rings. The van der Waals surface area contributed by atoms with Crippen LogP contribution in [0.15, 0.2) is 53.1 Å². The average molecular weight is 338 g/mol. The smallest absolute Gasteiger partial charge is 0.253 e. The van der Waals surface area contributed by atoms with Crippen LogP contribution in [0.2, 0.25) is 0 Å². The van der Waals surface area contributed by atoms with E-state index in [9.17, 15) is 4.79 Å². The zero-order valence-electron chi connectivity index (χ0n) is 14.8. The summed E-state index contributed by atoms with van der Waals surface area (Å²) >= 11 is 0. The molecule has 132 valence electrons. The van der Waals surface area contributed by atoms with Crippen molar-refractivity contribution in [3.05, 3.63) is 60.1 Å². The minimum atomic E-state index is 0.183. The molecule has 0 radical (unpaired) electrons. The highest BCUT2D eigenvalue weighted by atomic mass is 16.3. The lowest BCUT2D eigenvalue weighted by atomic mass is 9.77. The second-order valence-corrected chi connectivity index (χ2v) is 7.49. The van der Waals surface area contributed by atoms with Crippen molar-refractivity contribution in [2.24, 2.45) is 11.8 Å². The molecule has 1 aliphatic carbocycles. The second-order valence-electron chi connectivity index (χ2n) is 7.49. The van der Waals surface area contributed by atoms with Gasteiger partial charge in [-0.25, -0.2) is 0 Å². The molecule has 1 aliphatic heterocycles. The van der Waals surface area contributed by atoms with Gasteiger partial charge in [0.25, 0.3) is 5.91 Å². The summed E-state index contributed by atoms with van der Waals surface area (Å²) in [6.07, 6.45) is 5.45. The third kappa shape index (κ3) is 3.36. The van der Waals surface area contributed by atoms with E-state index in [-0.39, 0.29) is 5.91 Å². The van der Waals surface area contributed by atoms with Gasteiger partial charge in [0, 0.05) is 24.7 Å². The Morgan fingerprint density at radius 2 is 2.00 bits per heavy atom. The summed E-state index contributed by atoms with van der Waals surface area (Å²) in [5, 5.41) is 0. The van der Waals surface area contributed by atoms with Crippen molar-refractivity contribution >= 4 is 5.91 Å². The largest absolute Gasteiger partial charge is 0.468 e. The van der Waals surface area contributed by atoms with Gasteiger partial charge in [-0.3, -0.25) is 9.69 Å². The molecule has 0 N–H and O–H groups in total. The molecule has 0 spiro atoms. The highest BCUT2D eigenvalue weighted by molar-refractivity contribution is 5.94. The minimum absolute atomic E-state index is 0.183. The van der Waals surface area contributed by atoms with E-state index in [4.69, 9.17) is 4.42 Å². The Balaban J connectivity index is 1.45. The monoisotopic (exact) mass is 338 g/mol. The fraction of sp³-hybridized carbons (Fsp3) is 0.476. The van der Waals surface area contributed by atoms with Crippen molar-refractivity contribution in [2.75, 3.05) is 20.1 Å². The van der Waals surface area contributed by atoms with Crippen LogP contribution in [-0.4, -0.2) is 41.9 Å². The Morgan fingerprint density at radius 1 is 1.16 bits per heavy atom. The number of benzene rings is 1. The van der Waals surface area contributed by atoms with Crippen molar-refractivity contribution in [3.8, 4) is 0 Å². The number of likely N-dealkylation sites (tertiary alicyclic amines) is 1. The first kappa shape index (κ1) is 16.4. The molecular formula is C21H26N2O2. The summed E-state index contributed by atoms with van der Waals surface area (Å²) < 4.78 is 5.52. The van der Waals surface area contributed by atoms with Gasteiger partial charge in [-0.15, -0.1) is 0 Å². The van der Waals surface area contributed by atoms with Gasteiger partial charge in [0.1, 0.15) is 5.76 Å². The number of furan rings is 1. The second kappa shape index (κ2) is 7.04. The third-order valence-electron chi connectivity index (χ3n) is 5.92. The number of carbonyl (C=O) groups excluding carboxylic acids is 1. The molecule has 2 heterocycles. The van der Waals surface area contributed by atoms with Crippen LogP contribution in [0, 0.1) is 11.8 Å². The lowest BCUT2D eigenvalue weighted by molar-refractivity contribution is 0.0767. The fourth-order valence-corrected chi connectivity index (χ4v) is 4.68. The molecule has 1 amide bonds. The number of hydrogen-bond donors (Lipinski definition) is 0. The normalized spacial score (nSPS) is 26.0. The summed E-state index contributed by atoms with van der Waals surface area (Å²) in [7, 11) is 2.19. The van der Waals surface area contributed by atoms with Crippen LogP contribution in [0.4, 0.5) is 0 Å². The maximum atomic E-state index is 12.8. The summed E-state index contributed by atoms with van der Waals surface area (Å²) in [6, 6.07) is 14.2. The number of carbonyl (C=O) groups is 1. The lowest BCUT2D eigenvalue weighted by Crippen LogP contribution is -2.43. The van der Waals surface area contributed by atoms with Crippen LogP contribution in [0.25, 0.3) is 0 Å². The molecule has 1 aromatic carbocycles. The highest BCUT2D eigenvalue weighted by Crippen LogP contribution is 2.39. The topological polar surface area (TPSA) is 36.7 Å². The van der Waals surface area contributed by atoms with E-state index in [1.807, 2.05) is 42.5 Å². The third-order valence-corrected chi connectivity index (χ3v) is 5.92. The molecule has 2 aliphatic rings. The van der Waals surface area contributed by atoms with Crippen LogP contribution in [0.3, 0.4) is 0 Å². The number of amides is 1. The number of rotatable bonds is 4. The van der Waals surface area contributed by atoms with E-state index in [2.05, 4.69) is 16.8 Å². The summed E-state index contributed by atoms with van der Waals surface area (Å²) in [5.41, 5.74) is 0.807. The van der Waals surface area contributed by atoms with Gasteiger partial charge in [0.05, 0.1) is 12.8 Å². The first-order valence-electron chi connectivity index (χ1n) is 9.29. The first-order valence-corrected chi connectivity index (χ1v) is 9.29. The molecule has 25 heavy (non-hydrogen) atoms. The van der Waals surface area contributed by atoms with Gasteiger partial charge in [-0.1, -0.05) is 24.6 Å². The van der Waals surface area contributed by atoms with Crippen LogP contribution in [-0.2, 0) is 6.54 Å². The Morgan fingerprint density at radius 3 is 2.76 bits per heavy atom. The van der Waals surface area contributed by atoms with E-state index in [1.165, 1.54) is 19.3 Å². The van der Waals surface area contributed by atoms with E-state index >= 15 is 0 Å². The Hall–Kier alpha value is -2.07. The summed E-state index contributed by atoms with van der Waals surface area (Å²) in [5.74, 6) is 2.40. The average Bonchev–Trinajstić information content (AvgIpc) is 3.30. The van der Waals surface area contributed by atoms with Crippen molar-refractivity contribution in [1.82, 2.24) is 9.80 Å². The quantitative estimate of drug-likeness (QED) is 0.854.